The lowest BCUT2D eigenvalue weighted by Crippen LogP contribution is -2.40. The smallest absolute Gasteiger partial charge is 0.193 e. The van der Waals surface area contributed by atoms with Crippen LogP contribution in [0.1, 0.15) is 45.1 Å². The monoisotopic (exact) mass is 347 g/mol. The lowest BCUT2D eigenvalue weighted by atomic mass is 9.98. The maximum absolute atomic E-state index is 5.59. The summed E-state index contributed by atoms with van der Waals surface area (Å²) < 4.78 is 10.8. The van der Waals surface area contributed by atoms with E-state index in [4.69, 9.17) is 14.5 Å². The number of hydrogen-bond donors (Lipinski definition) is 1. The van der Waals surface area contributed by atoms with Crippen molar-refractivity contribution in [1.29, 1.82) is 0 Å². The van der Waals surface area contributed by atoms with Crippen LogP contribution in [-0.4, -0.2) is 56.9 Å². The molecule has 1 aliphatic heterocycles. The number of benzene rings is 1. The first kappa shape index (κ1) is 19.6. The number of likely N-dealkylation sites (tertiary alicyclic amines) is 1. The summed E-state index contributed by atoms with van der Waals surface area (Å²) in [6.45, 7) is 10.8. The van der Waals surface area contributed by atoms with Crippen LogP contribution in [0.25, 0.3) is 0 Å². The fraction of sp³-hybridized carbons (Fsp3) is 0.650. The van der Waals surface area contributed by atoms with Crippen LogP contribution in [0.4, 0.5) is 0 Å². The second-order valence-corrected chi connectivity index (χ2v) is 6.71. The summed E-state index contributed by atoms with van der Waals surface area (Å²) in [7, 11) is 1.71. The number of nitrogens with one attached hydrogen (secondary N) is 1. The quantitative estimate of drug-likeness (QED) is 0.445. The van der Waals surface area contributed by atoms with Crippen molar-refractivity contribution >= 4 is 5.96 Å². The number of methoxy groups -OCH3 is 1. The van der Waals surface area contributed by atoms with Crippen molar-refractivity contribution < 1.29 is 9.47 Å². The maximum atomic E-state index is 5.59. The van der Waals surface area contributed by atoms with E-state index in [1.54, 1.807) is 7.11 Å². The van der Waals surface area contributed by atoms with Crippen LogP contribution in [0.2, 0.25) is 0 Å². The molecular weight excluding hydrogens is 314 g/mol. The highest BCUT2D eigenvalue weighted by atomic mass is 16.5. The Morgan fingerprint density at radius 3 is 2.72 bits per heavy atom. The van der Waals surface area contributed by atoms with Gasteiger partial charge in [0, 0.05) is 38.7 Å². The maximum Gasteiger partial charge on any atom is 0.193 e. The Balaban J connectivity index is 1.88. The van der Waals surface area contributed by atoms with Gasteiger partial charge in [-0.2, -0.15) is 0 Å². The van der Waals surface area contributed by atoms with Gasteiger partial charge in [-0.05, 0) is 51.3 Å². The van der Waals surface area contributed by atoms with Gasteiger partial charge < -0.3 is 19.7 Å². The van der Waals surface area contributed by atoms with Gasteiger partial charge in [-0.3, -0.25) is 4.99 Å². The van der Waals surface area contributed by atoms with Gasteiger partial charge in [-0.1, -0.05) is 12.1 Å². The Morgan fingerprint density at radius 1 is 1.32 bits per heavy atom. The van der Waals surface area contributed by atoms with Crippen molar-refractivity contribution in [3.8, 4) is 5.75 Å². The molecular formula is C20H33N3O2. The average Bonchev–Trinajstić information content (AvgIpc) is 3.10. The van der Waals surface area contributed by atoms with E-state index in [9.17, 15) is 0 Å². The van der Waals surface area contributed by atoms with E-state index >= 15 is 0 Å². The molecule has 5 heteroatoms. The molecule has 0 aliphatic carbocycles. The molecule has 1 saturated heterocycles. The molecule has 0 saturated carbocycles. The molecule has 1 heterocycles. The molecule has 0 spiro atoms. The number of rotatable bonds is 8. The molecule has 0 aromatic heterocycles. The van der Waals surface area contributed by atoms with Crippen molar-refractivity contribution in [3.63, 3.8) is 0 Å². The van der Waals surface area contributed by atoms with Crippen molar-refractivity contribution in [2.45, 2.75) is 45.6 Å². The van der Waals surface area contributed by atoms with E-state index in [2.05, 4.69) is 43.1 Å². The summed E-state index contributed by atoms with van der Waals surface area (Å²) >= 11 is 0. The third-order valence-corrected chi connectivity index (χ3v) is 4.43. The van der Waals surface area contributed by atoms with Crippen LogP contribution in [0.3, 0.4) is 0 Å². The Morgan fingerprint density at radius 2 is 2.08 bits per heavy atom. The zero-order valence-corrected chi connectivity index (χ0v) is 16.1. The molecule has 0 radical (unpaired) electrons. The molecule has 1 aromatic rings. The third kappa shape index (κ3) is 6.24. The van der Waals surface area contributed by atoms with E-state index in [1.807, 2.05) is 12.1 Å². The van der Waals surface area contributed by atoms with Crippen LogP contribution >= 0.6 is 0 Å². The van der Waals surface area contributed by atoms with Crippen LogP contribution in [0.15, 0.2) is 29.3 Å². The number of hydrogen-bond acceptors (Lipinski definition) is 3. The summed E-state index contributed by atoms with van der Waals surface area (Å²) in [4.78, 5) is 7.16. The lowest BCUT2D eigenvalue weighted by molar-refractivity contribution is 0.0782. The normalized spacial score (nSPS) is 18.0. The second-order valence-electron chi connectivity index (χ2n) is 6.71. The van der Waals surface area contributed by atoms with E-state index in [0.29, 0.717) is 12.0 Å². The molecule has 1 atom stereocenters. The van der Waals surface area contributed by atoms with E-state index in [0.717, 1.165) is 57.3 Å². The predicted octanol–water partition coefficient (Wildman–Crippen LogP) is 3.27. The zero-order valence-electron chi connectivity index (χ0n) is 16.1. The molecule has 0 bridgehead atoms. The molecule has 2 rings (SSSR count). The molecule has 1 unspecified atom stereocenters. The summed E-state index contributed by atoms with van der Waals surface area (Å²) in [6, 6.07) is 8.46. The van der Waals surface area contributed by atoms with Gasteiger partial charge in [0.05, 0.1) is 13.2 Å². The first-order valence-corrected chi connectivity index (χ1v) is 9.42. The number of nitrogens with zero attached hydrogens (tertiary/aromatic N) is 2. The topological polar surface area (TPSA) is 46.1 Å². The number of ether oxygens (including phenoxy) is 2. The fourth-order valence-corrected chi connectivity index (χ4v) is 3.10. The zero-order chi connectivity index (χ0) is 18.1. The SMILES string of the molecule is CCNC(=NCCCOC(C)C)N1CCC(c2ccc(OC)cc2)C1. The highest BCUT2D eigenvalue weighted by molar-refractivity contribution is 5.80. The fourth-order valence-electron chi connectivity index (χ4n) is 3.10. The van der Waals surface area contributed by atoms with E-state index < -0.39 is 0 Å². The molecule has 140 valence electrons. The first-order valence-electron chi connectivity index (χ1n) is 9.42. The first-order chi connectivity index (χ1) is 12.1. The Kier molecular flexibility index (Phi) is 8.06. The number of aliphatic imine (C=N–C) groups is 1. The minimum atomic E-state index is 0.293. The summed E-state index contributed by atoms with van der Waals surface area (Å²) in [5, 5.41) is 3.43. The Hall–Kier alpha value is -1.75. The van der Waals surface area contributed by atoms with Gasteiger partial charge in [0.1, 0.15) is 5.75 Å². The molecule has 1 aromatic carbocycles. The van der Waals surface area contributed by atoms with Crippen molar-refractivity contribution in [2.75, 3.05) is 39.9 Å². The molecule has 0 amide bonds. The molecule has 1 aliphatic rings. The number of guanidine groups is 1. The van der Waals surface area contributed by atoms with Crippen molar-refractivity contribution in [3.05, 3.63) is 29.8 Å². The van der Waals surface area contributed by atoms with Crippen LogP contribution in [0, 0.1) is 0 Å². The molecule has 1 fully saturated rings. The summed E-state index contributed by atoms with van der Waals surface area (Å²) in [5.74, 6) is 2.50. The minimum absolute atomic E-state index is 0.293. The summed E-state index contributed by atoms with van der Waals surface area (Å²) in [6.07, 6.45) is 2.41. The Bertz CT molecular complexity index is 528. The van der Waals surface area contributed by atoms with Gasteiger partial charge in [-0.15, -0.1) is 0 Å². The highest BCUT2D eigenvalue weighted by Crippen LogP contribution is 2.28. The summed E-state index contributed by atoms with van der Waals surface area (Å²) in [5.41, 5.74) is 1.38. The van der Waals surface area contributed by atoms with Crippen molar-refractivity contribution in [2.24, 2.45) is 4.99 Å². The van der Waals surface area contributed by atoms with Crippen LogP contribution in [-0.2, 0) is 4.74 Å². The van der Waals surface area contributed by atoms with Gasteiger partial charge in [-0.25, -0.2) is 0 Å². The van der Waals surface area contributed by atoms with Crippen LogP contribution in [0.5, 0.6) is 5.75 Å². The molecule has 5 nitrogen and oxygen atoms in total. The van der Waals surface area contributed by atoms with Gasteiger partial charge in [0.2, 0.25) is 0 Å². The lowest BCUT2D eigenvalue weighted by Gasteiger charge is -2.22. The van der Waals surface area contributed by atoms with Gasteiger partial charge >= 0.3 is 0 Å². The minimum Gasteiger partial charge on any atom is -0.497 e. The van der Waals surface area contributed by atoms with Gasteiger partial charge in [0.15, 0.2) is 5.96 Å². The third-order valence-electron chi connectivity index (χ3n) is 4.43. The average molecular weight is 348 g/mol. The van der Waals surface area contributed by atoms with Crippen LogP contribution < -0.4 is 10.1 Å². The molecule has 1 N–H and O–H groups in total. The largest absolute Gasteiger partial charge is 0.497 e. The van der Waals surface area contributed by atoms with Gasteiger partial charge in [0.25, 0.3) is 0 Å². The standard InChI is InChI=1S/C20H33N3O2/c1-5-21-20(22-12-6-14-25-16(2)3)23-13-11-18(15-23)17-7-9-19(24-4)10-8-17/h7-10,16,18H,5-6,11-15H2,1-4H3,(H,21,22). The second kappa shape index (κ2) is 10.3. The predicted molar refractivity (Wildman–Crippen MR) is 104 cm³/mol. The molecule has 25 heavy (non-hydrogen) atoms. The van der Waals surface area contributed by atoms with E-state index in [1.165, 1.54) is 5.56 Å². The Labute approximate surface area is 152 Å². The highest BCUT2D eigenvalue weighted by Gasteiger charge is 2.26. The van der Waals surface area contributed by atoms with Crippen molar-refractivity contribution in [1.82, 2.24) is 10.2 Å². The van der Waals surface area contributed by atoms with E-state index in [-0.39, 0.29) is 0 Å².